The van der Waals surface area contributed by atoms with Crippen LogP contribution in [-0.2, 0) is 4.79 Å². The Bertz CT molecular complexity index is 598. The fourth-order valence-corrected chi connectivity index (χ4v) is 3.77. The van der Waals surface area contributed by atoms with Gasteiger partial charge < -0.3 is 20.1 Å². The molecule has 5 nitrogen and oxygen atoms in total. The van der Waals surface area contributed by atoms with Crippen LogP contribution >= 0.6 is 0 Å². The van der Waals surface area contributed by atoms with E-state index in [0.29, 0.717) is 31.4 Å². The number of hydrogen-bond donors (Lipinski definition) is 3. The zero-order chi connectivity index (χ0) is 19.0. The van der Waals surface area contributed by atoms with Crippen LogP contribution in [0.4, 0.5) is 0 Å². The Kier molecular flexibility index (Phi) is 7.66. The van der Waals surface area contributed by atoms with E-state index in [4.69, 9.17) is 4.74 Å². The number of aliphatic hydroxyl groups excluding tert-OH is 2. The normalized spacial score (nSPS) is 23.5. The molecule has 1 unspecified atom stereocenters. The summed E-state index contributed by atoms with van der Waals surface area (Å²) in [6.45, 7) is 2.25. The van der Waals surface area contributed by atoms with Crippen LogP contribution < -0.4 is 4.74 Å². The SMILES string of the molecule is CCCC[C@@]1(CC(=O)O)C(CCC(O)COc2ccccc2)=CC[C@@H]1O. The molecule has 3 N–H and O–H groups in total. The highest BCUT2D eigenvalue weighted by Crippen LogP contribution is 2.48. The minimum absolute atomic E-state index is 0.0589. The number of benzene rings is 1. The Morgan fingerprint density at radius 1 is 1.35 bits per heavy atom. The summed E-state index contributed by atoms with van der Waals surface area (Å²) in [6, 6.07) is 9.33. The Hall–Kier alpha value is -1.85. The number of aliphatic carboxylic acids is 1. The highest BCUT2D eigenvalue weighted by Gasteiger charge is 2.45. The molecule has 0 heterocycles. The second-order valence-electron chi connectivity index (χ2n) is 7.13. The van der Waals surface area contributed by atoms with Crippen LogP contribution in [0.2, 0.25) is 0 Å². The molecule has 144 valence electrons. The van der Waals surface area contributed by atoms with Crippen molar-refractivity contribution in [3.8, 4) is 5.75 Å². The smallest absolute Gasteiger partial charge is 0.304 e. The largest absolute Gasteiger partial charge is 0.491 e. The van der Waals surface area contributed by atoms with Crippen molar-refractivity contribution in [1.29, 1.82) is 0 Å². The molecular formula is C21H30O5. The lowest BCUT2D eigenvalue weighted by atomic mass is 9.71. The number of carbonyl (C=O) groups is 1. The van der Waals surface area contributed by atoms with Crippen LogP contribution in [0, 0.1) is 5.41 Å². The molecule has 0 aliphatic heterocycles. The Balaban J connectivity index is 1.93. The van der Waals surface area contributed by atoms with E-state index >= 15 is 0 Å². The second-order valence-corrected chi connectivity index (χ2v) is 7.13. The molecule has 1 aromatic rings. The number of rotatable bonds is 11. The van der Waals surface area contributed by atoms with Crippen LogP contribution in [0.15, 0.2) is 42.0 Å². The molecule has 0 amide bonds. The van der Waals surface area contributed by atoms with Gasteiger partial charge in [0.2, 0.25) is 0 Å². The van der Waals surface area contributed by atoms with Crippen molar-refractivity contribution in [2.45, 2.75) is 64.1 Å². The monoisotopic (exact) mass is 362 g/mol. The van der Waals surface area contributed by atoms with Gasteiger partial charge in [0.25, 0.3) is 0 Å². The number of aliphatic hydroxyl groups is 2. The molecule has 0 fully saturated rings. The third-order valence-electron chi connectivity index (χ3n) is 5.24. The molecule has 1 aliphatic rings. The fourth-order valence-electron chi connectivity index (χ4n) is 3.77. The van der Waals surface area contributed by atoms with Gasteiger partial charge in [-0.25, -0.2) is 0 Å². The predicted octanol–water partition coefficient (Wildman–Crippen LogP) is 3.55. The van der Waals surface area contributed by atoms with Crippen molar-refractivity contribution < 1.29 is 24.9 Å². The maximum atomic E-state index is 11.4. The van der Waals surface area contributed by atoms with E-state index in [9.17, 15) is 20.1 Å². The summed E-state index contributed by atoms with van der Waals surface area (Å²) in [5.74, 6) is -0.175. The molecule has 2 rings (SSSR count). The van der Waals surface area contributed by atoms with Gasteiger partial charge in [-0.15, -0.1) is 0 Å². The first-order valence-electron chi connectivity index (χ1n) is 9.43. The van der Waals surface area contributed by atoms with E-state index < -0.39 is 23.6 Å². The van der Waals surface area contributed by atoms with E-state index in [1.807, 2.05) is 36.4 Å². The molecular weight excluding hydrogens is 332 g/mol. The van der Waals surface area contributed by atoms with Crippen LogP contribution in [0.5, 0.6) is 5.75 Å². The third kappa shape index (κ3) is 5.32. The number of hydrogen-bond acceptors (Lipinski definition) is 4. The molecule has 0 radical (unpaired) electrons. The van der Waals surface area contributed by atoms with Crippen molar-refractivity contribution in [3.05, 3.63) is 42.0 Å². The summed E-state index contributed by atoms with van der Waals surface area (Å²) in [4.78, 5) is 11.4. The van der Waals surface area contributed by atoms with Crippen LogP contribution in [-0.4, -0.2) is 40.1 Å². The van der Waals surface area contributed by atoms with Gasteiger partial charge >= 0.3 is 5.97 Å². The summed E-state index contributed by atoms with van der Waals surface area (Å²) < 4.78 is 5.57. The average molecular weight is 362 g/mol. The first-order chi connectivity index (χ1) is 12.5. The number of carboxylic acids is 1. The third-order valence-corrected chi connectivity index (χ3v) is 5.24. The van der Waals surface area contributed by atoms with Crippen molar-refractivity contribution in [1.82, 2.24) is 0 Å². The molecule has 0 saturated carbocycles. The molecule has 5 heteroatoms. The van der Waals surface area contributed by atoms with Gasteiger partial charge in [-0.05, 0) is 37.8 Å². The first kappa shape index (κ1) is 20.5. The summed E-state index contributed by atoms with van der Waals surface area (Å²) in [5.41, 5.74) is 0.279. The minimum atomic E-state index is -0.888. The van der Waals surface area contributed by atoms with Crippen molar-refractivity contribution in [2.24, 2.45) is 5.41 Å². The highest BCUT2D eigenvalue weighted by molar-refractivity contribution is 5.69. The highest BCUT2D eigenvalue weighted by atomic mass is 16.5. The van der Waals surface area contributed by atoms with E-state index in [1.165, 1.54) is 0 Å². The lowest BCUT2D eigenvalue weighted by molar-refractivity contribution is -0.141. The summed E-state index contributed by atoms with van der Waals surface area (Å²) in [5, 5.41) is 30.1. The van der Waals surface area contributed by atoms with Crippen molar-refractivity contribution in [3.63, 3.8) is 0 Å². The number of ether oxygens (including phenoxy) is 1. The average Bonchev–Trinajstić information content (AvgIpc) is 2.92. The van der Waals surface area contributed by atoms with E-state index in [0.717, 1.165) is 18.4 Å². The molecule has 0 spiro atoms. The van der Waals surface area contributed by atoms with E-state index in [-0.39, 0.29) is 13.0 Å². The van der Waals surface area contributed by atoms with Gasteiger partial charge in [0.05, 0.1) is 18.6 Å². The molecule has 0 saturated heterocycles. The molecule has 1 aromatic carbocycles. The quantitative estimate of drug-likeness (QED) is 0.524. The second kappa shape index (κ2) is 9.74. The van der Waals surface area contributed by atoms with Gasteiger partial charge in [-0.2, -0.15) is 0 Å². The molecule has 26 heavy (non-hydrogen) atoms. The maximum Gasteiger partial charge on any atom is 0.304 e. The van der Waals surface area contributed by atoms with E-state index in [1.54, 1.807) is 0 Å². The number of unbranched alkanes of at least 4 members (excludes halogenated alkanes) is 1. The molecule has 1 aliphatic carbocycles. The first-order valence-corrected chi connectivity index (χ1v) is 9.43. The lowest BCUT2D eigenvalue weighted by Crippen LogP contribution is -2.36. The van der Waals surface area contributed by atoms with Gasteiger partial charge in [0, 0.05) is 5.41 Å². The number of carboxylic acid groups (broad SMARTS) is 1. The maximum absolute atomic E-state index is 11.4. The Morgan fingerprint density at radius 2 is 2.08 bits per heavy atom. The topological polar surface area (TPSA) is 87.0 Å². The Morgan fingerprint density at radius 3 is 2.73 bits per heavy atom. The molecule has 0 aromatic heterocycles. The van der Waals surface area contributed by atoms with Crippen molar-refractivity contribution >= 4 is 5.97 Å². The van der Waals surface area contributed by atoms with Gasteiger partial charge in [0.1, 0.15) is 12.4 Å². The zero-order valence-electron chi connectivity index (χ0n) is 15.4. The molecule has 3 atom stereocenters. The molecule has 0 bridgehead atoms. The van der Waals surface area contributed by atoms with Crippen molar-refractivity contribution in [2.75, 3.05) is 6.61 Å². The zero-order valence-corrected chi connectivity index (χ0v) is 15.4. The van der Waals surface area contributed by atoms with E-state index in [2.05, 4.69) is 6.92 Å². The number of para-hydroxylation sites is 1. The fraction of sp³-hybridized carbons (Fsp3) is 0.571. The summed E-state index contributed by atoms with van der Waals surface area (Å²) >= 11 is 0. The van der Waals surface area contributed by atoms with Gasteiger partial charge in [-0.1, -0.05) is 49.6 Å². The standard InChI is InChI=1S/C21H30O5/c1-2-3-13-21(14-20(24)25)16(10-12-19(21)23)9-11-17(22)15-26-18-7-5-4-6-8-18/h4-8,10,17,19,22-23H,2-3,9,11-15H2,1H3,(H,24,25)/t17?,19-,21+/m0/s1. The Labute approximate surface area is 155 Å². The lowest BCUT2D eigenvalue weighted by Gasteiger charge is -2.35. The minimum Gasteiger partial charge on any atom is -0.491 e. The van der Waals surface area contributed by atoms with Crippen LogP contribution in [0.3, 0.4) is 0 Å². The van der Waals surface area contributed by atoms with Gasteiger partial charge in [-0.3, -0.25) is 4.79 Å². The van der Waals surface area contributed by atoms with Crippen LogP contribution in [0.1, 0.15) is 51.9 Å². The van der Waals surface area contributed by atoms with Gasteiger partial charge in [0.15, 0.2) is 0 Å². The summed E-state index contributed by atoms with van der Waals surface area (Å²) in [7, 11) is 0. The van der Waals surface area contributed by atoms with Crippen LogP contribution in [0.25, 0.3) is 0 Å². The summed E-state index contributed by atoms with van der Waals surface area (Å²) in [6.07, 6.45) is 4.66. The predicted molar refractivity (Wildman–Crippen MR) is 100 cm³/mol.